The van der Waals surface area contributed by atoms with E-state index in [1.165, 1.54) is 32.1 Å². The van der Waals surface area contributed by atoms with E-state index >= 15 is 0 Å². The number of ketones is 1. The molecule has 106 valence electrons. The zero-order chi connectivity index (χ0) is 13.6. The summed E-state index contributed by atoms with van der Waals surface area (Å²) in [5.74, 6) is 1.14. The SMILES string of the molecule is CCNC(CC1CCC(C)(CC)CC1)C(=O)CC. The molecule has 1 aliphatic carbocycles. The van der Waals surface area contributed by atoms with Gasteiger partial charge in [0, 0.05) is 6.42 Å². The van der Waals surface area contributed by atoms with E-state index < -0.39 is 0 Å². The van der Waals surface area contributed by atoms with Crippen molar-refractivity contribution in [2.45, 2.75) is 78.7 Å². The van der Waals surface area contributed by atoms with Crippen molar-refractivity contribution in [1.29, 1.82) is 0 Å². The molecule has 1 N–H and O–H groups in total. The molecule has 1 unspecified atom stereocenters. The summed E-state index contributed by atoms with van der Waals surface area (Å²) in [4.78, 5) is 11.9. The fourth-order valence-corrected chi connectivity index (χ4v) is 3.12. The van der Waals surface area contributed by atoms with Gasteiger partial charge in [-0.1, -0.05) is 34.1 Å². The summed E-state index contributed by atoms with van der Waals surface area (Å²) >= 11 is 0. The first-order chi connectivity index (χ1) is 8.54. The number of nitrogens with one attached hydrogen (secondary N) is 1. The van der Waals surface area contributed by atoms with Crippen molar-refractivity contribution in [2.24, 2.45) is 11.3 Å². The lowest BCUT2D eigenvalue weighted by molar-refractivity contribution is -0.121. The number of rotatable bonds is 7. The average molecular weight is 253 g/mol. The fourth-order valence-electron chi connectivity index (χ4n) is 3.12. The van der Waals surface area contributed by atoms with Crippen molar-refractivity contribution in [3.8, 4) is 0 Å². The van der Waals surface area contributed by atoms with Crippen LogP contribution in [0.15, 0.2) is 0 Å². The topological polar surface area (TPSA) is 29.1 Å². The number of hydrogen-bond donors (Lipinski definition) is 1. The lowest BCUT2D eigenvalue weighted by Crippen LogP contribution is -2.39. The fraction of sp³-hybridized carbons (Fsp3) is 0.938. The van der Waals surface area contributed by atoms with Gasteiger partial charge < -0.3 is 5.32 Å². The molecule has 0 aromatic carbocycles. The molecule has 0 aliphatic heterocycles. The van der Waals surface area contributed by atoms with Gasteiger partial charge in [0.15, 0.2) is 0 Å². The Balaban J connectivity index is 2.44. The Hall–Kier alpha value is -0.370. The summed E-state index contributed by atoms with van der Waals surface area (Å²) < 4.78 is 0. The van der Waals surface area contributed by atoms with Crippen LogP contribution < -0.4 is 5.32 Å². The van der Waals surface area contributed by atoms with Crippen molar-refractivity contribution in [3.05, 3.63) is 0 Å². The Labute approximate surface area is 113 Å². The lowest BCUT2D eigenvalue weighted by atomic mass is 9.69. The van der Waals surface area contributed by atoms with Crippen molar-refractivity contribution < 1.29 is 4.79 Å². The molecule has 0 saturated heterocycles. The molecule has 0 amide bonds. The predicted octanol–water partition coefficient (Wildman–Crippen LogP) is 3.94. The summed E-state index contributed by atoms with van der Waals surface area (Å²) in [6.07, 6.45) is 8.31. The van der Waals surface area contributed by atoms with Crippen molar-refractivity contribution >= 4 is 5.78 Å². The standard InChI is InChI=1S/C16H31NO/c1-5-15(18)14(17-7-3)12-13-8-10-16(4,6-2)11-9-13/h13-14,17H,5-12H2,1-4H3. The van der Waals surface area contributed by atoms with Gasteiger partial charge in [-0.05, 0) is 50.0 Å². The van der Waals surface area contributed by atoms with Gasteiger partial charge in [0.2, 0.25) is 0 Å². The molecular formula is C16H31NO. The Morgan fingerprint density at radius 3 is 2.33 bits per heavy atom. The summed E-state index contributed by atoms with van der Waals surface area (Å²) in [6, 6.07) is 0.107. The minimum absolute atomic E-state index is 0.107. The van der Waals surface area contributed by atoms with Crippen LogP contribution in [0.4, 0.5) is 0 Å². The first-order valence-electron chi connectivity index (χ1n) is 7.80. The average Bonchev–Trinajstić information content (AvgIpc) is 2.40. The molecule has 1 aliphatic rings. The summed E-state index contributed by atoms with van der Waals surface area (Å²) in [5, 5.41) is 3.37. The smallest absolute Gasteiger partial charge is 0.149 e. The highest BCUT2D eigenvalue weighted by Gasteiger charge is 2.31. The largest absolute Gasteiger partial charge is 0.308 e. The van der Waals surface area contributed by atoms with Crippen molar-refractivity contribution in [3.63, 3.8) is 0 Å². The highest BCUT2D eigenvalue weighted by molar-refractivity contribution is 5.83. The molecule has 1 fully saturated rings. The molecule has 0 radical (unpaired) electrons. The van der Waals surface area contributed by atoms with E-state index in [4.69, 9.17) is 0 Å². The number of carbonyl (C=O) groups excluding carboxylic acids is 1. The Morgan fingerprint density at radius 2 is 1.89 bits per heavy atom. The van der Waals surface area contributed by atoms with Gasteiger partial charge in [-0.25, -0.2) is 0 Å². The van der Waals surface area contributed by atoms with Crippen LogP contribution >= 0.6 is 0 Å². The number of Topliss-reactive ketones (excluding diaryl/α,β-unsaturated/α-hetero) is 1. The molecular weight excluding hydrogens is 222 g/mol. The maximum absolute atomic E-state index is 11.9. The summed E-state index contributed by atoms with van der Waals surface area (Å²) in [6.45, 7) is 9.69. The van der Waals surface area contributed by atoms with E-state index in [1.54, 1.807) is 0 Å². The van der Waals surface area contributed by atoms with E-state index in [2.05, 4.69) is 26.1 Å². The molecule has 1 saturated carbocycles. The van der Waals surface area contributed by atoms with Crippen LogP contribution in [0.3, 0.4) is 0 Å². The molecule has 18 heavy (non-hydrogen) atoms. The van der Waals surface area contributed by atoms with E-state index in [0.717, 1.165) is 18.9 Å². The molecule has 2 heteroatoms. The van der Waals surface area contributed by atoms with Crippen LogP contribution in [-0.2, 0) is 4.79 Å². The van der Waals surface area contributed by atoms with Gasteiger partial charge in [0.1, 0.15) is 5.78 Å². The third-order valence-electron chi connectivity index (χ3n) is 4.92. The van der Waals surface area contributed by atoms with Gasteiger partial charge in [-0.3, -0.25) is 4.79 Å². The van der Waals surface area contributed by atoms with Crippen molar-refractivity contribution in [2.75, 3.05) is 6.54 Å². The second-order valence-corrected chi connectivity index (χ2v) is 6.27. The summed E-state index contributed by atoms with van der Waals surface area (Å²) in [7, 11) is 0. The molecule has 1 atom stereocenters. The van der Waals surface area contributed by atoms with Gasteiger partial charge in [-0.15, -0.1) is 0 Å². The van der Waals surface area contributed by atoms with Crippen molar-refractivity contribution in [1.82, 2.24) is 5.32 Å². The Morgan fingerprint density at radius 1 is 1.28 bits per heavy atom. The minimum Gasteiger partial charge on any atom is -0.308 e. The normalized spacial score (nSPS) is 30.1. The first-order valence-corrected chi connectivity index (χ1v) is 7.80. The second-order valence-electron chi connectivity index (χ2n) is 6.27. The van der Waals surface area contributed by atoms with Crippen LogP contribution in [0.1, 0.15) is 72.6 Å². The van der Waals surface area contributed by atoms with Crippen LogP contribution in [0.5, 0.6) is 0 Å². The highest BCUT2D eigenvalue weighted by Crippen LogP contribution is 2.42. The Bertz CT molecular complexity index is 254. The zero-order valence-electron chi connectivity index (χ0n) is 12.7. The number of likely N-dealkylation sites (N-methyl/N-ethyl adjacent to an activating group) is 1. The maximum Gasteiger partial charge on any atom is 0.149 e. The van der Waals surface area contributed by atoms with E-state index in [9.17, 15) is 4.79 Å². The van der Waals surface area contributed by atoms with Gasteiger partial charge in [0.25, 0.3) is 0 Å². The second kappa shape index (κ2) is 7.28. The van der Waals surface area contributed by atoms with Gasteiger partial charge in [0.05, 0.1) is 6.04 Å². The zero-order valence-corrected chi connectivity index (χ0v) is 12.7. The maximum atomic E-state index is 11.9. The number of hydrogen-bond acceptors (Lipinski definition) is 2. The quantitative estimate of drug-likeness (QED) is 0.744. The molecule has 0 aromatic heterocycles. The van der Waals surface area contributed by atoms with Crippen LogP contribution in [0.2, 0.25) is 0 Å². The molecule has 0 spiro atoms. The van der Waals surface area contributed by atoms with Gasteiger partial charge in [-0.2, -0.15) is 0 Å². The van der Waals surface area contributed by atoms with Gasteiger partial charge >= 0.3 is 0 Å². The highest BCUT2D eigenvalue weighted by atomic mass is 16.1. The lowest BCUT2D eigenvalue weighted by Gasteiger charge is -2.37. The van der Waals surface area contributed by atoms with E-state index in [1.807, 2.05) is 6.92 Å². The predicted molar refractivity (Wildman–Crippen MR) is 77.7 cm³/mol. The molecule has 1 rings (SSSR count). The molecule has 0 bridgehead atoms. The monoisotopic (exact) mass is 253 g/mol. The van der Waals surface area contributed by atoms with Crippen LogP contribution in [-0.4, -0.2) is 18.4 Å². The third-order valence-corrected chi connectivity index (χ3v) is 4.92. The van der Waals surface area contributed by atoms with E-state index in [0.29, 0.717) is 17.6 Å². The molecule has 0 aromatic rings. The number of carbonyl (C=O) groups is 1. The molecule has 2 nitrogen and oxygen atoms in total. The molecule has 0 heterocycles. The van der Waals surface area contributed by atoms with E-state index in [-0.39, 0.29) is 6.04 Å². The van der Waals surface area contributed by atoms with Crippen LogP contribution in [0, 0.1) is 11.3 Å². The third kappa shape index (κ3) is 4.38. The summed E-state index contributed by atoms with van der Waals surface area (Å²) in [5.41, 5.74) is 0.568. The Kier molecular flexibility index (Phi) is 6.34. The van der Waals surface area contributed by atoms with Crippen LogP contribution in [0.25, 0.3) is 0 Å². The minimum atomic E-state index is 0.107. The first kappa shape index (κ1) is 15.7.